The lowest BCUT2D eigenvalue weighted by Crippen LogP contribution is -2.00. The molecule has 0 amide bonds. The van der Waals surface area contributed by atoms with E-state index in [4.69, 9.17) is 32.7 Å². The second kappa shape index (κ2) is 10.3. The van der Waals surface area contributed by atoms with E-state index in [2.05, 4.69) is 0 Å². The number of hydrogen-bond acceptors (Lipinski definition) is 5. The number of methoxy groups -OCH3 is 1. The van der Waals surface area contributed by atoms with Gasteiger partial charge in [0.2, 0.25) is 0 Å². The highest BCUT2D eigenvalue weighted by molar-refractivity contribution is 6.37. The summed E-state index contributed by atoms with van der Waals surface area (Å²) in [5, 5.41) is 11.7. The molecule has 3 rings (SSSR count). The summed E-state index contributed by atoms with van der Waals surface area (Å²) in [6, 6.07) is 14.7. The third-order valence-corrected chi connectivity index (χ3v) is 5.24. The number of carbonyl (C=O) groups excluding carboxylic acids is 1. The van der Waals surface area contributed by atoms with Crippen molar-refractivity contribution in [1.82, 2.24) is 0 Å². The van der Waals surface area contributed by atoms with Gasteiger partial charge in [-0.3, -0.25) is 14.9 Å². The topological polar surface area (TPSA) is 78.7 Å². The molecular weight excluding hydrogens is 453 g/mol. The van der Waals surface area contributed by atoms with Crippen LogP contribution in [0.25, 0.3) is 6.08 Å². The fraction of sp³-hybridized carbons (Fsp3) is 0.125. The van der Waals surface area contributed by atoms with Crippen molar-refractivity contribution in [3.8, 4) is 11.5 Å². The lowest BCUT2D eigenvalue weighted by Gasteiger charge is -2.12. The van der Waals surface area contributed by atoms with Gasteiger partial charge < -0.3 is 9.47 Å². The van der Waals surface area contributed by atoms with Crippen molar-refractivity contribution in [2.45, 2.75) is 13.5 Å². The molecular formula is C24H19Cl2NO5. The molecule has 0 saturated heterocycles. The molecule has 8 heteroatoms. The highest BCUT2D eigenvalue weighted by Crippen LogP contribution is 2.27. The number of nitrogens with zero attached hydrogens (tertiary/aromatic N) is 1. The molecule has 0 saturated carbocycles. The number of halogens is 2. The van der Waals surface area contributed by atoms with Crippen molar-refractivity contribution in [3.05, 3.63) is 103 Å². The van der Waals surface area contributed by atoms with Crippen LogP contribution in [0.2, 0.25) is 10.0 Å². The average Bonchev–Trinajstić information content (AvgIpc) is 2.75. The van der Waals surface area contributed by atoms with Crippen LogP contribution in [0.15, 0.2) is 60.7 Å². The minimum atomic E-state index is -0.434. The van der Waals surface area contributed by atoms with Crippen LogP contribution in [0.5, 0.6) is 11.5 Å². The zero-order chi connectivity index (χ0) is 23.3. The molecule has 0 fully saturated rings. The largest absolute Gasteiger partial charge is 0.496 e. The molecule has 0 spiro atoms. The number of nitro groups is 1. The number of allylic oxidation sites excluding steroid dienone is 1. The van der Waals surface area contributed by atoms with Crippen molar-refractivity contribution in [3.63, 3.8) is 0 Å². The fourth-order valence-corrected chi connectivity index (χ4v) is 3.55. The minimum Gasteiger partial charge on any atom is -0.496 e. The Bertz CT molecular complexity index is 1210. The summed E-state index contributed by atoms with van der Waals surface area (Å²) in [4.78, 5) is 23.0. The third-order valence-electron chi connectivity index (χ3n) is 4.69. The highest BCUT2D eigenvalue weighted by atomic mass is 35.5. The second-order valence-corrected chi connectivity index (χ2v) is 7.73. The molecule has 0 radical (unpaired) electrons. The molecule has 3 aromatic rings. The first kappa shape index (κ1) is 23.3. The van der Waals surface area contributed by atoms with Crippen LogP contribution in [0.1, 0.15) is 27.0 Å². The molecule has 0 aliphatic heterocycles. The first-order valence-electron chi connectivity index (χ1n) is 9.50. The summed E-state index contributed by atoms with van der Waals surface area (Å²) in [6.07, 6.45) is 3.10. The van der Waals surface area contributed by atoms with Gasteiger partial charge in [0.05, 0.1) is 17.1 Å². The second-order valence-electron chi connectivity index (χ2n) is 6.89. The number of ether oxygens (including phenoxy) is 2. The van der Waals surface area contributed by atoms with E-state index in [0.29, 0.717) is 27.6 Å². The molecule has 0 aliphatic rings. The van der Waals surface area contributed by atoms with Crippen LogP contribution in [0.4, 0.5) is 5.69 Å². The van der Waals surface area contributed by atoms with Gasteiger partial charge in [0.25, 0.3) is 5.69 Å². The number of nitro benzene ring substituents is 1. The summed E-state index contributed by atoms with van der Waals surface area (Å²) < 4.78 is 11.2. The summed E-state index contributed by atoms with van der Waals surface area (Å²) in [5.41, 5.74) is 2.42. The summed E-state index contributed by atoms with van der Waals surface area (Å²) in [5.74, 6) is 0.873. The van der Waals surface area contributed by atoms with Crippen molar-refractivity contribution in [2.75, 3.05) is 7.11 Å². The normalized spacial score (nSPS) is 10.9. The predicted octanol–water partition coefficient (Wildman–Crippen LogP) is 6.69. The van der Waals surface area contributed by atoms with Crippen LogP contribution in [0.3, 0.4) is 0 Å². The molecule has 0 bridgehead atoms. The van der Waals surface area contributed by atoms with Gasteiger partial charge in [0, 0.05) is 27.8 Å². The lowest BCUT2D eigenvalue weighted by atomic mass is 10.1. The smallest absolute Gasteiger partial charge is 0.272 e. The van der Waals surface area contributed by atoms with Gasteiger partial charge in [0.15, 0.2) is 5.78 Å². The summed E-state index contributed by atoms with van der Waals surface area (Å²) in [6.45, 7) is 1.83. The number of hydrogen-bond donors (Lipinski definition) is 0. The Balaban J connectivity index is 1.76. The fourth-order valence-electron chi connectivity index (χ4n) is 3.05. The molecule has 0 heterocycles. The Hall–Kier alpha value is -3.35. The average molecular weight is 472 g/mol. The number of carbonyl (C=O) groups is 1. The summed E-state index contributed by atoms with van der Waals surface area (Å²) in [7, 11) is 1.55. The van der Waals surface area contributed by atoms with Crippen molar-refractivity contribution in [2.24, 2.45) is 0 Å². The molecule has 0 N–H and O–H groups in total. The van der Waals surface area contributed by atoms with Crippen LogP contribution in [-0.4, -0.2) is 17.8 Å². The van der Waals surface area contributed by atoms with Crippen LogP contribution < -0.4 is 9.47 Å². The zero-order valence-electron chi connectivity index (χ0n) is 17.3. The van der Waals surface area contributed by atoms with Crippen LogP contribution >= 0.6 is 23.2 Å². The van der Waals surface area contributed by atoms with Crippen LogP contribution in [0, 0.1) is 17.0 Å². The molecule has 0 unspecified atom stereocenters. The standard InChI is InChI=1S/C24H19Cl2NO5/c1-15-11-19(6-8-22(15)27(29)30)32-14-17-12-16(4-10-24(17)31-2)3-9-23(28)20-7-5-18(25)13-21(20)26/h3-13H,14H2,1-2H3/b9-3+. The molecule has 6 nitrogen and oxygen atoms in total. The molecule has 164 valence electrons. The molecule has 0 atom stereocenters. The first-order chi connectivity index (χ1) is 15.3. The van der Waals surface area contributed by atoms with Gasteiger partial charge >= 0.3 is 0 Å². The van der Waals surface area contributed by atoms with E-state index in [9.17, 15) is 14.9 Å². The Morgan fingerprint density at radius 3 is 2.53 bits per heavy atom. The van der Waals surface area contributed by atoms with Crippen LogP contribution in [-0.2, 0) is 6.61 Å². The third kappa shape index (κ3) is 5.66. The predicted molar refractivity (Wildman–Crippen MR) is 125 cm³/mol. The Labute approximate surface area is 195 Å². The van der Waals surface area contributed by atoms with Crippen molar-refractivity contribution >= 4 is 40.7 Å². The maximum atomic E-state index is 12.5. The van der Waals surface area contributed by atoms with E-state index >= 15 is 0 Å². The number of rotatable bonds is 8. The van der Waals surface area contributed by atoms with Gasteiger partial charge in [0.1, 0.15) is 18.1 Å². The van der Waals surface area contributed by atoms with E-state index in [1.807, 2.05) is 12.1 Å². The Morgan fingerprint density at radius 1 is 1.09 bits per heavy atom. The monoisotopic (exact) mass is 471 g/mol. The van der Waals surface area contributed by atoms with E-state index in [-0.39, 0.29) is 23.1 Å². The maximum Gasteiger partial charge on any atom is 0.272 e. The van der Waals surface area contributed by atoms with Gasteiger partial charge in [-0.25, -0.2) is 0 Å². The molecule has 0 aliphatic carbocycles. The van der Waals surface area contributed by atoms with Gasteiger partial charge in [-0.05, 0) is 61.0 Å². The first-order valence-corrected chi connectivity index (χ1v) is 10.3. The summed E-state index contributed by atoms with van der Waals surface area (Å²) >= 11 is 12.0. The maximum absolute atomic E-state index is 12.5. The highest BCUT2D eigenvalue weighted by Gasteiger charge is 2.12. The molecule has 3 aromatic carbocycles. The van der Waals surface area contributed by atoms with Crippen molar-refractivity contribution in [1.29, 1.82) is 0 Å². The number of ketones is 1. The SMILES string of the molecule is COc1ccc(/C=C/C(=O)c2ccc(Cl)cc2Cl)cc1COc1ccc([N+](=O)[O-])c(C)c1. The lowest BCUT2D eigenvalue weighted by molar-refractivity contribution is -0.385. The van der Waals surface area contributed by atoms with Gasteiger partial charge in [-0.1, -0.05) is 35.3 Å². The number of aryl methyl sites for hydroxylation is 1. The zero-order valence-corrected chi connectivity index (χ0v) is 18.8. The quantitative estimate of drug-likeness (QED) is 0.158. The number of benzene rings is 3. The van der Waals surface area contributed by atoms with E-state index < -0.39 is 4.92 Å². The molecule has 32 heavy (non-hydrogen) atoms. The van der Waals surface area contributed by atoms with Gasteiger partial charge in [-0.15, -0.1) is 0 Å². The minimum absolute atomic E-state index is 0.0347. The Kier molecular flexibility index (Phi) is 7.51. The van der Waals surface area contributed by atoms with Gasteiger partial charge in [-0.2, -0.15) is 0 Å². The Morgan fingerprint density at radius 2 is 1.88 bits per heavy atom. The molecule has 0 aromatic heterocycles. The van der Waals surface area contributed by atoms with E-state index in [1.54, 1.807) is 50.4 Å². The van der Waals surface area contributed by atoms with Crippen molar-refractivity contribution < 1.29 is 19.2 Å². The van der Waals surface area contributed by atoms with E-state index in [1.165, 1.54) is 18.2 Å². The van der Waals surface area contributed by atoms with E-state index in [0.717, 1.165) is 11.1 Å².